The molecule has 0 bridgehead atoms. The highest BCUT2D eigenvalue weighted by molar-refractivity contribution is 5.95. The first-order valence-corrected chi connectivity index (χ1v) is 8.69. The molecule has 0 radical (unpaired) electrons. The Hall–Kier alpha value is -2.88. The third kappa shape index (κ3) is 3.63. The van der Waals surface area contributed by atoms with Gasteiger partial charge in [-0.25, -0.2) is 4.98 Å². The third-order valence-electron chi connectivity index (χ3n) is 4.44. The molecule has 1 fully saturated rings. The van der Waals surface area contributed by atoms with Gasteiger partial charge in [-0.1, -0.05) is 25.1 Å². The number of pyridine rings is 1. The van der Waals surface area contributed by atoms with Crippen LogP contribution in [0, 0.1) is 5.92 Å². The quantitative estimate of drug-likeness (QED) is 0.720. The lowest BCUT2D eigenvalue weighted by atomic mass is 10.1. The molecule has 0 atom stereocenters. The van der Waals surface area contributed by atoms with Crippen LogP contribution in [0.25, 0.3) is 10.8 Å². The predicted octanol–water partition coefficient (Wildman–Crippen LogP) is 4.94. The maximum atomic E-state index is 11.8. The van der Waals surface area contributed by atoms with Gasteiger partial charge >= 0.3 is 0 Å². The van der Waals surface area contributed by atoms with Gasteiger partial charge in [-0.2, -0.15) is 0 Å². The summed E-state index contributed by atoms with van der Waals surface area (Å²) in [5.74, 6) is 2.46. The number of nitrogens with one attached hydrogen (secondary N) is 1. The molecule has 1 aliphatic carbocycles. The molecule has 126 valence electrons. The molecular formula is C21H20N2O2. The molecule has 4 heteroatoms. The van der Waals surface area contributed by atoms with Gasteiger partial charge in [-0.05, 0) is 60.5 Å². The van der Waals surface area contributed by atoms with Crippen LogP contribution in [-0.2, 0) is 11.2 Å². The van der Waals surface area contributed by atoms with E-state index in [0.717, 1.165) is 41.5 Å². The van der Waals surface area contributed by atoms with Crippen molar-refractivity contribution < 1.29 is 9.53 Å². The van der Waals surface area contributed by atoms with Crippen LogP contribution in [-0.4, -0.2) is 10.9 Å². The Morgan fingerprint density at radius 3 is 2.76 bits per heavy atom. The van der Waals surface area contributed by atoms with E-state index in [-0.39, 0.29) is 11.8 Å². The number of amides is 1. The lowest BCUT2D eigenvalue weighted by Gasteiger charge is -2.09. The first-order valence-electron chi connectivity index (χ1n) is 8.69. The molecule has 1 aromatic heterocycles. The van der Waals surface area contributed by atoms with Crippen LogP contribution >= 0.6 is 0 Å². The molecule has 1 aliphatic rings. The number of anilines is 1. The summed E-state index contributed by atoms with van der Waals surface area (Å²) in [6.07, 6.45) is 4.72. The SMILES string of the molecule is CCc1cccc(Oc2ccc3cc(NC(=O)C4CC4)ncc3c2)c1. The van der Waals surface area contributed by atoms with Crippen LogP contribution in [0.15, 0.2) is 54.7 Å². The van der Waals surface area contributed by atoms with Gasteiger partial charge in [-0.15, -0.1) is 0 Å². The minimum Gasteiger partial charge on any atom is -0.457 e. The Kier molecular flexibility index (Phi) is 4.10. The maximum absolute atomic E-state index is 11.8. The number of carbonyl (C=O) groups is 1. The number of benzene rings is 2. The smallest absolute Gasteiger partial charge is 0.228 e. The fourth-order valence-corrected chi connectivity index (χ4v) is 2.79. The Balaban J connectivity index is 1.54. The number of aryl methyl sites for hydroxylation is 1. The van der Waals surface area contributed by atoms with E-state index in [1.165, 1.54) is 5.56 Å². The zero-order chi connectivity index (χ0) is 17.2. The van der Waals surface area contributed by atoms with Crippen LogP contribution < -0.4 is 10.1 Å². The number of fused-ring (bicyclic) bond motifs is 1. The molecule has 0 spiro atoms. The second-order valence-corrected chi connectivity index (χ2v) is 6.45. The largest absolute Gasteiger partial charge is 0.457 e. The second kappa shape index (κ2) is 6.55. The normalized spacial score (nSPS) is 13.6. The number of hydrogen-bond acceptors (Lipinski definition) is 3. The van der Waals surface area contributed by atoms with E-state index in [1.54, 1.807) is 6.20 Å². The molecule has 1 N–H and O–H groups in total. The molecule has 3 aromatic rings. The summed E-state index contributed by atoms with van der Waals surface area (Å²) >= 11 is 0. The van der Waals surface area contributed by atoms with E-state index in [0.29, 0.717) is 5.82 Å². The number of hydrogen-bond donors (Lipinski definition) is 1. The van der Waals surface area contributed by atoms with Crippen molar-refractivity contribution in [2.75, 3.05) is 5.32 Å². The minimum absolute atomic E-state index is 0.0719. The van der Waals surface area contributed by atoms with Crippen molar-refractivity contribution in [2.24, 2.45) is 5.92 Å². The lowest BCUT2D eigenvalue weighted by molar-refractivity contribution is -0.117. The Bertz CT molecular complexity index is 932. The second-order valence-electron chi connectivity index (χ2n) is 6.45. The van der Waals surface area contributed by atoms with Crippen molar-refractivity contribution in [3.8, 4) is 11.5 Å². The van der Waals surface area contributed by atoms with Gasteiger partial charge in [0.25, 0.3) is 0 Å². The zero-order valence-electron chi connectivity index (χ0n) is 14.2. The number of ether oxygens (including phenoxy) is 1. The molecule has 1 amide bonds. The van der Waals surface area contributed by atoms with Crippen LogP contribution in [0.3, 0.4) is 0 Å². The summed E-state index contributed by atoms with van der Waals surface area (Å²) in [6, 6.07) is 15.9. The van der Waals surface area contributed by atoms with Gasteiger partial charge in [0, 0.05) is 17.5 Å². The lowest BCUT2D eigenvalue weighted by Crippen LogP contribution is -2.14. The monoisotopic (exact) mass is 332 g/mol. The minimum atomic E-state index is 0.0719. The highest BCUT2D eigenvalue weighted by Crippen LogP contribution is 2.31. The number of carbonyl (C=O) groups excluding carboxylic acids is 1. The number of nitrogens with zero attached hydrogens (tertiary/aromatic N) is 1. The van der Waals surface area contributed by atoms with Crippen LogP contribution in [0.4, 0.5) is 5.82 Å². The highest BCUT2D eigenvalue weighted by Gasteiger charge is 2.29. The molecule has 4 rings (SSSR count). The van der Waals surface area contributed by atoms with Gasteiger partial charge < -0.3 is 10.1 Å². The molecular weight excluding hydrogens is 312 g/mol. The van der Waals surface area contributed by atoms with E-state index < -0.39 is 0 Å². The van der Waals surface area contributed by atoms with Crippen molar-refractivity contribution in [1.82, 2.24) is 4.98 Å². The molecule has 1 saturated carbocycles. The van der Waals surface area contributed by atoms with Crippen molar-refractivity contribution in [3.05, 3.63) is 60.3 Å². The maximum Gasteiger partial charge on any atom is 0.228 e. The summed E-state index contributed by atoms with van der Waals surface area (Å²) in [6.45, 7) is 2.13. The van der Waals surface area contributed by atoms with E-state index >= 15 is 0 Å². The fourth-order valence-electron chi connectivity index (χ4n) is 2.79. The topological polar surface area (TPSA) is 51.2 Å². The zero-order valence-corrected chi connectivity index (χ0v) is 14.2. The van der Waals surface area contributed by atoms with Crippen LogP contribution in [0.2, 0.25) is 0 Å². The Labute approximate surface area is 146 Å². The van der Waals surface area contributed by atoms with Gasteiger partial charge in [0.2, 0.25) is 5.91 Å². The predicted molar refractivity (Wildman–Crippen MR) is 99.0 cm³/mol. The van der Waals surface area contributed by atoms with Crippen LogP contribution in [0.5, 0.6) is 11.5 Å². The molecule has 4 nitrogen and oxygen atoms in total. The van der Waals surface area contributed by atoms with Gasteiger partial charge in [0.1, 0.15) is 17.3 Å². The highest BCUT2D eigenvalue weighted by atomic mass is 16.5. The average Bonchev–Trinajstić information content (AvgIpc) is 3.47. The van der Waals surface area contributed by atoms with Crippen molar-refractivity contribution in [1.29, 1.82) is 0 Å². The molecule has 0 unspecified atom stereocenters. The van der Waals surface area contributed by atoms with Crippen molar-refractivity contribution in [3.63, 3.8) is 0 Å². The van der Waals surface area contributed by atoms with Crippen molar-refractivity contribution in [2.45, 2.75) is 26.2 Å². The van der Waals surface area contributed by atoms with E-state index in [1.807, 2.05) is 36.4 Å². The summed E-state index contributed by atoms with van der Waals surface area (Å²) in [4.78, 5) is 16.2. The molecule has 25 heavy (non-hydrogen) atoms. The van der Waals surface area contributed by atoms with Crippen LogP contribution in [0.1, 0.15) is 25.3 Å². The first kappa shape index (κ1) is 15.6. The molecule has 2 aromatic carbocycles. The summed E-state index contributed by atoms with van der Waals surface area (Å²) in [5.41, 5.74) is 1.25. The van der Waals surface area contributed by atoms with E-state index in [4.69, 9.17) is 4.74 Å². The molecule has 1 heterocycles. The number of aromatic nitrogens is 1. The average molecular weight is 332 g/mol. The van der Waals surface area contributed by atoms with Gasteiger partial charge in [-0.3, -0.25) is 4.79 Å². The Morgan fingerprint density at radius 2 is 1.96 bits per heavy atom. The van der Waals surface area contributed by atoms with Gasteiger partial charge in [0.15, 0.2) is 0 Å². The summed E-state index contributed by atoms with van der Waals surface area (Å²) < 4.78 is 5.97. The molecule has 0 saturated heterocycles. The summed E-state index contributed by atoms with van der Waals surface area (Å²) in [7, 11) is 0. The standard InChI is InChI=1S/C21H20N2O2/c1-2-14-4-3-5-18(10-14)25-19-9-8-16-12-20(22-13-17(16)11-19)23-21(24)15-6-7-15/h3-5,8-13,15H,2,6-7H2,1H3,(H,22,23,24). The van der Waals surface area contributed by atoms with E-state index in [9.17, 15) is 4.79 Å². The van der Waals surface area contributed by atoms with E-state index in [2.05, 4.69) is 29.4 Å². The van der Waals surface area contributed by atoms with Gasteiger partial charge in [0.05, 0.1) is 0 Å². The van der Waals surface area contributed by atoms with Crippen molar-refractivity contribution >= 4 is 22.5 Å². The third-order valence-corrected chi connectivity index (χ3v) is 4.44. The fraction of sp³-hybridized carbons (Fsp3) is 0.238. The Morgan fingerprint density at radius 1 is 1.12 bits per heavy atom. The first-order chi connectivity index (χ1) is 12.2. The summed E-state index contributed by atoms with van der Waals surface area (Å²) in [5, 5.41) is 4.89. The number of rotatable bonds is 5. The molecule has 0 aliphatic heterocycles.